The van der Waals surface area contributed by atoms with Gasteiger partial charge in [0, 0.05) is 0 Å². The monoisotopic (exact) mass is 301 g/mol. The van der Waals surface area contributed by atoms with E-state index in [1.165, 1.54) is 5.56 Å². The predicted molar refractivity (Wildman–Crippen MR) is 96.6 cm³/mol. The molecule has 2 N–H and O–H groups in total. The quantitative estimate of drug-likeness (QED) is 0.574. The number of benzene rings is 2. The SMILES string of the molecule is CC(C)c1ccc(-c2cc(N)n3c(c2)nc2ccccc23)cc1. The zero-order chi connectivity index (χ0) is 16.0. The molecule has 4 aromatic rings. The number of hydrogen-bond donors (Lipinski definition) is 1. The van der Waals surface area contributed by atoms with Crippen LogP contribution in [0, 0.1) is 0 Å². The molecule has 2 aromatic carbocycles. The smallest absolute Gasteiger partial charge is 0.140 e. The van der Waals surface area contributed by atoms with Crippen molar-refractivity contribution in [1.82, 2.24) is 9.38 Å². The Labute approximate surface area is 135 Å². The maximum absolute atomic E-state index is 6.31. The van der Waals surface area contributed by atoms with Crippen molar-refractivity contribution < 1.29 is 0 Å². The lowest BCUT2D eigenvalue weighted by atomic mass is 9.99. The molecule has 4 rings (SSSR count). The molecule has 0 bridgehead atoms. The highest BCUT2D eigenvalue weighted by Gasteiger charge is 2.09. The topological polar surface area (TPSA) is 43.3 Å². The van der Waals surface area contributed by atoms with E-state index in [9.17, 15) is 0 Å². The third-order valence-corrected chi connectivity index (χ3v) is 4.34. The number of aromatic nitrogens is 2. The van der Waals surface area contributed by atoms with E-state index in [-0.39, 0.29) is 0 Å². The number of imidazole rings is 1. The van der Waals surface area contributed by atoms with Crippen molar-refractivity contribution in [3.63, 3.8) is 0 Å². The number of nitrogen functional groups attached to an aromatic ring is 1. The Bertz CT molecular complexity index is 995. The van der Waals surface area contributed by atoms with Gasteiger partial charge in [0.2, 0.25) is 0 Å². The molecule has 0 atom stereocenters. The first-order valence-electron chi connectivity index (χ1n) is 7.90. The van der Waals surface area contributed by atoms with Crippen LogP contribution in [0.2, 0.25) is 0 Å². The van der Waals surface area contributed by atoms with Gasteiger partial charge < -0.3 is 5.73 Å². The van der Waals surface area contributed by atoms with E-state index < -0.39 is 0 Å². The number of pyridine rings is 1. The molecule has 0 amide bonds. The van der Waals surface area contributed by atoms with Crippen LogP contribution in [0.5, 0.6) is 0 Å². The van der Waals surface area contributed by atoms with Gasteiger partial charge in [-0.1, -0.05) is 50.2 Å². The summed E-state index contributed by atoms with van der Waals surface area (Å²) < 4.78 is 2.00. The van der Waals surface area contributed by atoms with Crippen LogP contribution in [-0.2, 0) is 0 Å². The molecule has 3 nitrogen and oxygen atoms in total. The van der Waals surface area contributed by atoms with Gasteiger partial charge in [0.25, 0.3) is 0 Å². The maximum atomic E-state index is 6.31. The van der Waals surface area contributed by atoms with E-state index in [1.54, 1.807) is 0 Å². The lowest BCUT2D eigenvalue weighted by Gasteiger charge is -2.09. The summed E-state index contributed by atoms with van der Waals surface area (Å²) in [4.78, 5) is 4.69. The Morgan fingerprint density at radius 1 is 0.913 bits per heavy atom. The molecule has 2 aromatic heterocycles. The average molecular weight is 301 g/mol. The minimum Gasteiger partial charge on any atom is -0.385 e. The van der Waals surface area contributed by atoms with Gasteiger partial charge in [0.15, 0.2) is 0 Å². The summed E-state index contributed by atoms with van der Waals surface area (Å²) in [6.07, 6.45) is 0. The zero-order valence-corrected chi connectivity index (χ0v) is 13.3. The molecule has 0 saturated carbocycles. The highest BCUT2D eigenvalue weighted by molar-refractivity contribution is 5.84. The van der Waals surface area contributed by atoms with E-state index >= 15 is 0 Å². The van der Waals surface area contributed by atoms with E-state index in [4.69, 9.17) is 10.7 Å². The summed E-state index contributed by atoms with van der Waals surface area (Å²) >= 11 is 0. The number of nitrogens with two attached hydrogens (primary N) is 1. The highest BCUT2D eigenvalue weighted by Crippen LogP contribution is 2.28. The van der Waals surface area contributed by atoms with Gasteiger partial charge in [-0.05, 0) is 46.9 Å². The van der Waals surface area contributed by atoms with Crippen LogP contribution in [0.4, 0.5) is 5.82 Å². The second-order valence-electron chi connectivity index (χ2n) is 6.24. The van der Waals surface area contributed by atoms with E-state index in [0.29, 0.717) is 11.7 Å². The Morgan fingerprint density at radius 2 is 1.65 bits per heavy atom. The predicted octanol–water partition coefficient (Wildman–Crippen LogP) is 4.86. The highest BCUT2D eigenvalue weighted by atomic mass is 15.1. The molecule has 0 radical (unpaired) electrons. The summed E-state index contributed by atoms with van der Waals surface area (Å²) in [7, 11) is 0. The van der Waals surface area contributed by atoms with Crippen LogP contribution in [0.25, 0.3) is 27.8 Å². The molecule has 0 spiro atoms. The molecule has 23 heavy (non-hydrogen) atoms. The van der Waals surface area contributed by atoms with Crippen molar-refractivity contribution >= 4 is 22.5 Å². The van der Waals surface area contributed by atoms with Crippen molar-refractivity contribution in [3.05, 3.63) is 66.2 Å². The van der Waals surface area contributed by atoms with Gasteiger partial charge in [0.05, 0.1) is 11.0 Å². The van der Waals surface area contributed by atoms with Gasteiger partial charge in [0.1, 0.15) is 11.5 Å². The lowest BCUT2D eigenvalue weighted by molar-refractivity contribution is 0.867. The Hall–Kier alpha value is -2.81. The molecule has 0 aliphatic rings. The van der Waals surface area contributed by atoms with E-state index in [2.05, 4.69) is 44.2 Å². The molecular weight excluding hydrogens is 282 g/mol. The van der Waals surface area contributed by atoms with Crippen LogP contribution in [0.15, 0.2) is 60.7 Å². The Kier molecular flexibility index (Phi) is 3.08. The second kappa shape index (κ2) is 5.13. The average Bonchev–Trinajstić information content (AvgIpc) is 2.93. The molecule has 0 aliphatic heterocycles. The van der Waals surface area contributed by atoms with Crippen LogP contribution < -0.4 is 5.73 Å². The van der Waals surface area contributed by atoms with Crippen molar-refractivity contribution in [2.24, 2.45) is 0 Å². The lowest BCUT2D eigenvalue weighted by Crippen LogP contribution is -1.97. The van der Waals surface area contributed by atoms with Crippen LogP contribution in [0.1, 0.15) is 25.3 Å². The minimum absolute atomic E-state index is 0.536. The molecule has 114 valence electrons. The Balaban J connectivity index is 1.89. The first-order valence-corrected chi connectivity index (χ1v) is 7.90. The number of anilines is 1. The molecular formula is C20H19N3. The third-order valence-electron chi connectivity index (χ3n) is 4.34. The number of hydrogen-bond acceptors (Lipinski definition) is 2. The fraction of sp³-hybridized carbons (Fsp3) is 0.150. The van der Waals surface area contributed by atoms with Crippen LogP contribution in [-0.4, -0.2) is 9.38 Å². The van der Waals surface area contributed by atoms with Crippen LogP contribution >= 0.6 is 0 Å². The molecule has 0 fully saturated rings. The molecule has 0 unspecified atom stereocenters. The molecule has 3 heteroatoms. The zero-order valence-electron chi connectivity index (χ0n) is 13.3. The molecule has 0 saturated heterocycles. The van der Waals surface area contributed by atoms with Crippen molar-refractivity contribution in [2.45, 2.75) is 19.8 Å². The summed E-state index contributed by atoms with van der Waals surface area (Å²) in [5, 5.41) is 0. The van der Waals surface area contributed by atoms with Crippen molar-refractivity contribution in [3.8, 4) is 11.1 Å². The number of fused-ring (bicyclic) bond motifs is 3. The number of rotatable bonds is 2. The fourth-order valence-electron chi connectivity index (χ4n) is 3.04. The molecule has 2 heterocycles. The third kappa shape index (κ3) is 2.25. The maximum Gasteiger partial charge on any atom is 0.140 e. The van der Waals surface area contributed by atoms with Gasteiger partial charge in [-0.25, -0.2) is 4.98 Å². The standard InChI is InChI=1S/C20H19N3/c1-13(2)14-7-9-15(10-8-14)16-11-19(21)23-18-6-4-3-5-17(18)22-20(23)12-16/h3-13H,21H2,1-2H3. The summed E-state index contributed by atoms with van der Waals surface area (Å²) in [6.45, 7) is 4.41. The van der Waals surface area contributed by atoms with E-state index in [1.807, 2.05) is 34.7 Å². The molecule has 0 aliphatic carbocycles. The summed E-state index contributed by atoms with van der Waals surface area (Å²) in [6, 6.07) is 20.9. The van der Waals surface area contributed by atoms with Gasteiger partial charge in [-0.3, -0.25) is 4.40 Å². The van der Waals surface area contributed by atoms with Crippen molar-refractivity contribution in [2.75, 3.05) is 5.73 Å². The van der Waals surface area contributed by atoms with E-state index in [0.717, 1.165) is 27.8 Å². The van der Waals surface area contributed by atoms with Crippen molar-refractivity contribution in [1.29, 1.82) is 0 Å². The Morgan fingerprint density at radius 3 is 2.39 bits per heavy atom. The number of para-hydroxylation sites is 2. The number of nitrogens with zero attached hydrogens (tertiary/aromatic N) is 2. The van der Waals surface area contributed by atoms with Gasteiger partial charge >= 0.3 is 0 Å². The first-order chi connectivity index (χ1) is 11.1. The van der Waals surface area contributed by atoms with Crippen LogP contribution in [0.3, 0.4) is 0 Å². The summed E-state index contributed by atoms with van der Waals surface area (Å²) in [5.41, 5.74) is 12.8. The van der Waals surface area contributed by atoms with Gasteiger partial charge in [-0.2, -0.15) is 0 Å². The van der Waals surface area contributed by atoms with Gasteiger partial charge in [-0.15, -0.1) is 0 Å². The summed E-state index contributed by atoms with van der Waals surface area (Å²) in [5.74, 6) is 1.24. The second-order valence-corrected chi connectivity index (χ2v) is 6.24. The normalized spacial score (nSPS) is 11.6. The first kappa shape index (κ1) is 13.8. The fourth-order valence-corrected chi connectivity index (χ4v) is 3.04. The largest absolute Gasteiger partial charge is 0.385 e. The minimum atomic E-state index is 0.536.